The number of unbranched alkanes of at least 4 members (excludes halogenated alkanes) is 6. The zero-order valence-corrected chi connectivity index (χ0v) is 11.9. The highest BCUT2D eigenvalue weighted by Gasteiger charge is 2.17. The molecule has 1 amide bonds. The summed E-state index contributed by atoms with van der Waals surface area (Å²) in [5, 5.41) is 0. The maximum absolute atomic E-state index is 10.8. The summed E-state index contributed by atoms with van der Waals surface area (Å²) in [4.78, 5) is 10.8. The molecule has 0 bridgehead atoms. The van der Waals surface area contributed by atoms with Gasteiger partial charge in [0.2, 0.25) is 0 Å². The van der Waals surface area contributed by atoms with E-state index in [0.29, 0.717) is 18.8 Å². The standard InChI is InChI=1S/C16H24NO2/c1-2-3-4-5-6-7-8-12-19-15-11-9-10-14(13-15)16(17)18/h9,11,14H,2-8,10,12H2,1H3. The van der Waals surface area contributed by atoms with Crippen molar-refractivity contribution in [2.24, 2.45) is 5.92 Å². The number of carbonyl (C=O) groups excluding carboxylic acids is 1. The van der Waals surface area contributed by atoms with Gasteiger partial charge in [-0.25, -0.2) is 0 Å². The van der Waals surface area contributed by atoms with Crippen LogP contribution in [-0.4, -0.2) is 12.5 Å². The third-order valence-corrected chi connectivity index (χ3v) is 3.26. The first kappa shape index (κ1) is 15.8. The zero-order valence-electron chi connectivity index (χ0n) is 11.9. The van der Waals surface area contributed by atoms with Crippen LogP contribution in [0.3, 0.4) is 0 Å². The summed E-state index contributed by atoms with van der Waals surface area (Å²) >= 11 is 0. The second-order valence-corrected chi connectivity index (χ2v) is 5.01. The molecule has 105 valence electrons. The topological polar surface area (TPSA) is 48.6 Å². The van der Waals surface area contributed by atoms with Crippen molar-refractivity contribution in [1.29, 1.82) is 0 Å². The van der Waals surface area contributed by atoms with Gasteiger partial charge in [-0.05, 0) is 18.9 Å². The second kappa shape index (κ2) is 9.65. The van der Waals surface area contributed by atoms with E-state index >= 15 is 0 Å². The Morgan fingerprint density at radius 3 is 2.68 bits per heavy atom. The predicted molar refractivity (Wildman–Crippen MR) is 75.1 cm³/mol. The second-order valence-electron chi connectivity index (χ2n) is 5.01. The molecule has 1 unspecified atom stereocenters. The molecule has 1 atom stereocenters. The molecule has 0 heterocycles. The number of allylic oxidation sites excluding steroid dienone is 2. The molecule has 1 aliphatic carbocycles. The van der Waals surface area contributed by atoms with Crippen LogP contribution in [0.15, 0.2) is 17.9 Å². The van der Waals surface area contributed by atoms with Crippen molar-refractivity contribution in [3.8, 4) is 0 Å². The minimum Gasteiger partial charge on any atom is -0.493 e. The molecule has 3 heteroatoms. The summed E-state index contributed by atoms with van der Waals surface area (Å²) in [6.07, 6.45) is 15.8. The van der Waals surface area contributed by atoms with Crippen molar-refractivity contribution in [3.63, 3.8) is 0 Å². The minimum absolute atomic E-state index is 0.514. The van der Waals surface area contributed by atoms with Crippen molar-refractivity contribution < 1.29 is 9.53 Å². The first-order valence-electron chi connectivity index (χ1n) is 7.39. The molecular formula is C16H24NO2. The molecule has 19 heavy (non-hydrogen) atoms. The van der Waals surface area contributed by atoms with Gasteiger partial charge in [-0.3, -0.25) is 4.79 Å². The van der Waals surface area contributed by atoms with Gasteiger partial charge in [-0.1, -0.05) is 51.5 Å². The van der Waals surface area contributed by atoms with Crippen LogP contribution in [0.25, 0.3) is 0 Å². The molecule has 0 fully saturated rings. The highest BCUT2D eigenvalue weighted by atomic mass is 16.5. The summed E-state index contributed by atoms with van der Waals surface area (Å²) in [7, 11) is 0. The molecule has 3 radical (unpaired) electrons. The Morgan fingerprint density at radius 2 is 2.00 bits per heavy atom. The Bertz CT molecular complexity index is 321. The summed E-state index contributed by atoms with van der Waals surface area (Å²) in [6.45, 7) is 2.88. The Morgan fingerprint density at radius 1 is 1.32 bits per heavy atom. The van der Waals surface area contributed by atoms with Gasteiger partial charge < -0.3 is 4.74 Å². The largest absolute Gasteiger partial charge is 0.493 e. The average Bonchev–Trinajstić information content (AvgIpc) is 2.42. The van der Waals surface area contributed by atoms with Gasteiger partial charge in [-0.15, -0.1) is 5.73 Å². The van der Waals surface area contributed by atoms with Crippen molar-refractivity contribution in [3.05, 3.63) is 24.0 Å². The fourth-order valence-corrected chi connectivity index (χ4v) is 2.08. The van der Waals surface area contributed by atoms with Crippen LogP contribution in [0.2, 0.25) is 0 Å². The van der Waals surface area contributed by atoms with Crippen LogP contribution in [-0.2, 0) is 9.53 Å². The summed E-state index contributed by atoms with van der Waals surface area (Å²) < 4.78 is 5.55. The van der Waals surface area contributed by atoms with Crippen LogP contribution in [0.5, 0.6) is 0 Å². The third kappa shape index (κ3) is 7.04. The first-order valence-corrected chi connectivity index (χ1v) is 7.39. The first-order chi connectivity index (χ1) is 9.24. The van der Waals surface area contributed by atoms with E-state index < -0.39 is 11.8 Å². The fourth-order valence-electron chi connectivity index (χ4n) is 2.08. The molecule has 0 aromatic rings. The monoisotopic (exact) mass is 262 g/mol. The van der Waals surface area contributed by atoms with Crippen molar-refractivity contribution in [1.82, 2.24) is 5.73 Å². The van der Waals surface area contributed by atoms with E-state index in [9.17, 15) is 4.79 Å². The Hall–Kier alpha value is -1.25. The molecule has 0 saturated heterocycles. The van der Waals surface area contributed by atoms with Crippen LogP contribution in [0.1, 0.15) is 58.3 Å². The number of hydrogen-bond donors (Lipinski definition) is 0. The molecule has 0 spiro atoms. The van der Waals surface area contributed by atoms with E-state index in [4.69, 9.17) is 10.5 Å². The fraction of sp³-hybridized carbons (Fsp3) is 0.688. The van der Waals surface area contributed by atoms with Gasteiger partial charge >= 0.3 is 0 Å². The van der Waals surface area contributed by atoms with Gasteiger partial charge in [0.15, 0.2) is 0 Å². The zero-order chi connectivity index (χ0) is 13.9. The highest BCUT2D eigenvalue weighted by Crippen LogP contribution is 2.17. The molecule has 0 N–H and O–H groups in total. The van der Waals surface area contributed by atoms with Gasteiger partial charge in [0.25, 0.3) is 5.91 Å². The maximum Gasteiger partial charge on any atom is 0.272 e. The highest BCUT2D eigenvalue weighted by molar-refractivity contribution is 5.77. The number of rotatable bonds is 10. The average molecular weight is 262 g/mol. The van der Waals surface area contributed by atoms with Crippen LogP contribution < -0.4 is 5.73 Å². The Labute approximate surface area is 116 Å². The predicted octanol–water partition coefficient (Wildman–Crippen LogP) is 3.61. The lowest BCUT2D eigenvalue weighted by atomic mass is 9.99. The summed E-state index contributed by atoms with van der Waals surface area (Å²) in [6, 6.07) is 0. The molecule has 3 nitrogen and oxygen atoms in total. The molecule has 0 aliphatic heterocycles. The third-order valence-electron chi connectivity index (χ3n) is 3.26. The van der Waals surface area contributed by atoms with Crippen molar-refractivity contribution in [2.75, 3.05) is 6.61 Å². The molecule has 1 rings (SSSR count). The van der Waals surface area contributed by atoms with Gasteiger partial charge in [-0.2, -0.15) is 0 Å². The molecule has 0 saturated carbocycles. The number of hydrogen-bond acceptors (Lipinski definition) is 2. The van der Waals surface area contributed by atoms with E-state index in [0.717, 1.165) is 6.42 Å². The lowest BCUT2D eigenvalue weighted by molar-refractivity contribution is -0.121. The van der Waals surface area contributed by atoms with Gasteiger partial charge in [0.1, 0.15) is 5.76 Å². The minimum atomic E-state index is -0.832. The lowest BCUT2D eigenvalue weighted by Crippen LogP contribution is -2.15. The lowest BCUT2D eigenvalue weighted by Gasteiger charge is -2.13. The SMILES string of the molecule is CCCCCCCCCOC1=[C]C(C([N])=O)CC=C1. The van der Waals surface area contributed by atoms with Crippen LogP contribution in [0.4, 0.5) is 0 Å². The smallest absolute Gasteiger partial charge is 0.272 e. The van der Waals surface area contributed by atoms with Gasteiger partial charge in [0.05, 0.1) is 12.5 Å². The van der Waals surface area contributed by atoms with E-state index in [-0.39, 0.29) is 0 Å². The Balaban J connectivity index is 2.06. The number of nitrogens with zero attached hydrogens (tertiary/aromatic N) is 1. The summed E-state index contributed by atoms with van der Waals surface area (Å²) in [5.41, 5.74) is 8.90. The summed E-state index contributed by atoms with van der Waals surface area (Å²) in [5.74, 6) is -0.792. The van der Waals surface area contributed by atoms with Crippen LogP contribution in [0, 0.1) is 12.0 Å². The Kier molecular flexibility index (Phi) is 8.03. The molecule has 1 aliphatic rings. The quantitative estimate of drug-likeness (QED) is 0.565. The van der Waals surface area contributed by atoms with E-state index in [2.05, 4.69) is 13.0 Å². The number of amides is 1. The van der Waals surface area contributed by atoms with E-state index in [1.54, 1.807) is 0 Å². The van der Waals surface area contributed by atoms with Gasteiger partial charge in [0, 0.05) is 6.08 Å². The normalized spacial score (nSPS) is 18.2. The molecule has 0 aromatic heterocycles. The molecular weight excluding hydrogens is 238 g/mol. The maximum atomic E-state index is 10.8. The number of carbonyl (C=O) groups is 1. The van der Waals surface area contributed by atoms with Crippen LogP contribution >= 0.6 is 0 Å². The molecule has 0 aromatic carbocycles. The number of ether oxygens (including phenoxy) is 1. The van der Waals surface area contributed by atoms with E-state index in [1.165, 1.54) is 38.5 Å². The van der Waals surface area contributed by atoms with Crippen molar-refractivity contribution in [2.45, 2.75) is 58.3 Å². The van der Waals surface area contributed by atoms with Crippen molar-refractivity contribution >= 4 is 5.91 Å². The van der Waals surface area contributed by atoms with E-state index in [1.807, 2.05) is 12.2 Å².